The van der Waals surface area contributed by atoms with E-state index in [0.717, 1.165) is 27.5 Å². The van der Waals surface area contributed by atoms with Gasteiger partial charge >= 0.3 is 0 Å². The van der Waals surface area contributed by atoms with Gasteiger partial charge in [0.05, 0.1) is 12.1 Å². The van der Waals surface area contributed by atoms with Gasteiger partial charge in [-0.15, -0.1) is 0 Å². The van der Waals surface area contributed by atoms with E-state index < -0.39 is 5.91 Å². The number of carbonyl (C=O) groups excluding carboxylic acids is 2. The molecule has 0 unspecified atom stereocenters. The number of amides is 1. The minimum absolute atomic E-state index is 0.0963. The van der Waals surface area contributed by atoms with E-state index in [-0.39, 0.29) is 23.3 Å². The van der Waals surface area contributed by atoms with E-state index in [0.29, 0.717) is 11.1 Å². The van der Waals surface area contributed by atoms with Crippen molar-refractivity contribution >= 4 is 34.6 Å². The van der Waals surface area contributed by atoms with Crippen LogP contribution in [0.1, 0.15) is 39.5 Å². The average Bonchev–Trinajstić information content (AvgIpc) is 2.71. The molecule has 4 rings (SSSR count). The number of benzene rings is 2. The molecule has 4 nitrogen and oxygen atoms in total. The maximum Gasteiger partial charge on any atom is 0.255 e. The summed E-state index contributed by atoms with van der Waals surface area (Å²) in [6, 6.07) is 14.2. The first-order valence-electron chi connectivity index (χ1n) is 9.55. The highest BCUT2D eigenvalue weighted by Crippen LogP contribution is 2.37. The van der Waals surface area contributed by atoms with Crippen molar-refractivity contribution in [1.29, 1.82) is 0 Å². The molecule has 0 saturated carbocycles. The van der Waals surface area contributed by atoms with Crippen LogP contribution >= 0.6 is 0 Å². The summed E-state index contributed by atoms with van der Waals surface area (Å²) in [4.78, 5) is 37.2. The van der Waals surface area contributed by atoms with Gasteiger partial charge < -0.3 is 5.32 Å². The van der Waals surface area contributed by atoms with Gasteiger partial charge in [-0.3, -0.25) is 14.4 Å². The first-order valence-corrected chi connectivity index (χ1v) is 9.55. The lowest BCUT2D eigenvalue weighted by Gasteiger charge is -2.13. The first kappa shape index (κ1) is 18.8. The molecule has 1 amide bonds. The van der Waals surface area contributed by atoms with Crippen LogP contribution in [0.25, 0.3) is 34.1 Å². The van der Waals surface area contributed by atoms with Gasteiger partial charge in [0.15, 0.2) is 5.43 Å². The highest BCUT2D eigenvalue weighted by molar-refractivity contribution is 6.12. The SMILES string of the molecule is CC(=O)CNC(=O)c1c(C)c2cccc(-c3ccc(C)cc3)c2c2c(c1=O)C=C2. The van der Waals surface area contributed by atoms with Crippen LogP contribution in [0.4, 0.5) is 0 Å². The number of Topliss-reactive ketones (excluding diaryl/α,β-unsaturated/α-hetero) is 1. The van der Waals surface area contributed by atoms with Gasteiger partial charge in [-0.2, -0.15) is 0 Å². The van der Waals surface area contributed by atoms with E-state index in [1.807, 2.05) is 31.2 Å². The normalized spacial score (nSPS) is 11.7. The molecule has 144 valence electrons. The Hall–Kier alpha value is -3.53. The minimum Gasteiger partial charge on any atom is -0.345 e. The highest BCUT2D eigenvalue weighted by Gasteiger charge is 2.23. The lowest BCUT2D eigenvalue weighted by Crippen LogP contribution is -2.33. The number of hydrogen-bond acceptors (Lipinski definition) is 3. The quantitative estimate of drug-likeness (QED) is 0.572. The summed E-state index contributed by atoms with van der Waals surface area (Å²) < 4.78 is 0. The molecule has 1 N–H and O–H groups in total. The molecule has 0 saturated heterocycles. The Morgan fingerprint density at radius 2 is 1.62 bits per heavy atom. The minimum atomic E-state index is -0.511. The van der Waals surface area contributed by atoms with E-state index in [9.17, 15) is 14.4 Å². The number of rotatable bonds is 4. The van der Waals surface area contributed by atoms with Crippen molar-refractivity contribution in [1.82, 2.24) is 5.32 Å². The zero-order valence-corrected chi connectivity index (χ0v) is 16.6. The van der Waals surface area contributed by atoms with Crippen LogP contribution in [0.3, 0.4) is 0 Å². The fourth-order valence-electron chi connectivity index (χ4n) is 3.80. The summed E-state index contributed by atoms with van der Waals surface area (Å²) in [7, 11) is 0. The first-order chi connectivity index (χ1) is 13.9. The largest absolute Gasteiger partial charge is 0.345 e. The molecule has 0 bridgehead atoms. The predicted molar refractivity (Wildman–Crippen MR) is 117 cm³/mol. The van der Waals surface area contributed by atoms with E-state index >= 15 is 0 Å². The third-order valence-corrected chi connectivity index (χ3v) is 5.38. The van der Waals surface area contributed by atoms with Crippen molar-refractivity contribution in [2.24, 2.45) is 0 Å². The molecule has 0 radical (unpaired) electrons. The molecule has 0 aromatic heterocycles. The third-order valence-electron chi connectivity index (χ3n) is 5.38. The zero-order chi connectivity index (χ0) is 20.7. The fraction of sp³-hybridized carbons (Fsp3) is 0.160. The molecule has 1 aliphatic rings. The van der Waals surface area contributed by atoms with Crippen LogP contribution in [-0.4, -0.2) is 18.2 Å². The summed E-state index contributed by atoms with van der Waals surface area (Å²) in [5.41, 5.74) is 5.08. The number of carbonyl (C=O) groups is 2. The molecule has 3 aromatic carbocycles. The Bertz CT molecular complexity index is 1270. The number of aryl methyl sites for hydroxylation is 2. The van der Waals surface area contributed by atoms with Crippen LogP contribution in [0.2, 0.25) is 0 Å². The van der Waals surface area contributed by atoms with E-state index in [2.05, 4.69) is 29.6 Å². The second-order valence-electron chi connectivity index (χ2n) is 7.47. The Morgan fingerprint density at radius 1 is 0.931 bits per heavy atom. The molecule has 0 atom stereocenters. The van der Waals surface area contributed by atoms with Crippen molar-refractivity contribution in [2.75, 3.05) is 6.54 Å². The summed E-state index contributed by atoms with van der Waals surface area (Å²) in [5.74, 6) is -0.674. The lowest BCUT2D eigenvalue weighted by atomic mass is 9.90. The van der Waals surface area contributed by atoms with Gasteiger partial charge in [0.2, 0.25) is 0 Å². The number of hydrogen-bond donors (Lipinski definition) is 1. The average molecular weight is 383 g/mol. The zero-order valence-electron chi connectivity index (χ0n) is 16.6. The summed E-state index contributed by atoms with van der Waals surface area (Å²) in [6.07, 6.45) is 3.68. The van der Waals surface area contributed by atoms with Crippen LogP contribution < -0.4 is 10.7 Å². The molecule has 1 aliphatic carbocycles. The molecule has 0 aliphatic heterocycles. The maximum atomic E-state index is 13.2. The van der Waals surface area contributed by atoms with Gasteiger partial charge in [0.25, 0.3) is 5.91 Å². The molecular formula is C25H21NO3. The van der Waals surface area contributed by atoms with Gasteiger partial charge in [0, 0.05) is 5.56 Å². The van der Waals surface area contributed by atoms with Gasteiger partial charge in [-0.1, -0.05) is 54.1 Å². The standard InChI is InChI=1S/C25H21NO3/c1-14-7-9-17(10-8-14)19-6-4-5-18-16(3)22(25(29)26-13-15(2)27)24(28)21-12-11-20(21)23(18)19/h4-12H,13H2,1-3H3,(H,26,29). The number of ketones is 1. The van der Waals surface area contributed by atoms with E-state index in [4.69, 9.17) is 0 Å². The molecule has 0 spiro atoms. The van der Waals surface area contributed by atoms with Gasteiger partial charge in [-0.25, -0.2) is 0 Å². The van der Waals surface area contributed by atoms with Gasteiger partial charge in [0.1, 0.15) is 5.78 Å². The molecule has 0 fully saturated rings. The van der Waals surface area contributed by atoms with E-state index in [1.54, 1.807) is 13.0 Å². The second kappa shape index (κ2) is 7.13. The van der Waals surface area contributed by atoms with Crippen LogP contribution in [0.5, 0.6) is 0 Å². The van der Waals surface area contributed by atoms with Crippen molar-refractivity contribution in [3.05, 3.63) is 80.5 Å². The molecule has 29 heavy (non-hydrogen) atoms. The monoisotopic (exact) mass is 383 g/mol. The Balaban J connectivity index is 2.03. The molecule has 0 heterocycles. The Morgan fingerprint density at radius 3 is 2.24 bits per heavy atom. The summed E-state index contributed by atoms with van der Waals surface area (Å²) in [5, 5.41) is 4.40. The smallest absolute Gasteiger partial charge is 0.255 e. The van der Waals surface area contributed by atoms with Crippen molar-refractivity contribution in [3.8, 4) is 11.1 Å². The van der Waals surface area contributed by atoms with Crippen LogP contribution in [0, 0.1) is 13.8 Å². The fourth-order valence-corrected chi connectivity index (χ4v) is 3.80. The van der Waals surface area contributed by atoms with Crippen molar-refractivity contribution in [3.63, 3.8) is 0 Å². The van der Waals surface area contributed by atoms with Gasteiger partial charge in [-0.05, 0) is 59.9 Å². The van der Waals surface area contributed by atoms with Crippen molar-refractivity contribution < 1.29 is 9.59 Å². The van der Waals surface area contributed by atoms with Crippen molar-refractivity contribution in [2.45, 2.75) is 20.8 Å². The topological polar surface area (TPSA) is 63.2 Å². The van der Waals surface area contributed by atoms with Crippen LogP contribution in [-0.2, 0) is 4.79 Å². The molecular weight excluding hydrogens is 362 g/mol. The van der Waals surface area contributed by atoms with E-state index in [1.165, 1.54) is 12.5 Å². The Labute approximate surface area is 168 Å². The maximum absolute atomic E-state index is 13.2. The lowest BCUT2D eigenvalue weighted by molar-refractivity contribution is -0.116. The summed E-state index contributed by atoms with van der Waals surface area (Å²) >= 11 is 0. The number of nitrogens with one attached hydrogen (secondary N) is 1. The number of fused-ring (bicyclic) bond motifs is 3. The third kappa shape index (κ3) is 3.17. The second-order valence-corrected chi connectivity index (χ2v) is 7.47. The molecule has 4 heteroatoms. The molecule has 3 aromatic rings. The summed E-state index contributed by atoms with van der Waals surface area (Å²) in [6.45, 7) is 5.14. The Kier molecular flexibility index (Phi) is 4.63. The van der Waals surface area contributed by atoms with Crippen LogP contribution in [0.15, 0.2) is 47.3 Å². The predicted octanol–water partition coefficient (Wildman–Crippen LogP) is 4.29. The highest BCUT2D eigenvalue weighted by atomic mass is 16.2.